The highest BCUT2D eigenvalue weighted by atomic mass is 79.9. The Bertz CT molecular complexity index is 442. The molecule has 4 nitrogen and oxygen atoms in total. The summed E-state index contributed by atoms with van der Waals surface area (Å²) in [6.45, 7) is 3.54. The number of nitrogens with zero attached hydrogens (tertiary/aromatic N) is 2. The third-order valence-electron chi connectivity index (χ3n) is 3.45. The highest BCUT2D eigenvalue weighted by Gasteiger charge is 2.27. The summed E-state index contributed by atoms with van der Waals surface area (Å²) in [6, 6.07) is 3.78. The second kappa shape index (κ2) is 7.22. The molecular weight excluding hydrogens is 330 g/mol. The Kier molecular flexibility index (Phi) is 6.23. The van der Waals surface area contributed by atoms with E-state index in [1.165, 1.54) is 0 Å². The number of hydrogen-bond donors (Lipinski definition) is 1. The number of carbonyl (C=O) groups excluding carboxylic acids is 1. The number of halogens is 2. The van der Waals surface area contributed by atoms with Gasteiger partial charge in [0, 0.05) is 29.8 Å². The van der Waals surface area contributed by atoms with Gasteiger partial charge in [0.1, 0.15) is 5.69 Å². The molecule has 2 atom stereocenters. The molecule has 0 aliphatic carbocycles. The van der Waals surface area contributed by atoms with E-state index in [0.717, 1.165) is 30.4 Å². The maximum atomic E-state index is 12.4. The predicted molar refractivity (Wildman–Crippen MR) is 81.5 cm³/mol. The molecule has 0 saturated carbocycles. The molecule has 2 N–H and O–H groups in total. The topological polar surface area (TPSA) is 59.2 Å². The molecule has 0 radical (unpaired) electrons. The van der Waals surface area contributed by atoms with Crippen LogP contribution in [0, 0.1) is 5.92 Å². The van der Waals surface area contributed by atoms with E-state index in [1.807, 2.05) is 24.0 Å². The van der Waals surface area contributed by atoms with Crippen LogP contribution in [0.2, 0.25) is 0 Å². The normalized spacial score (nSPS) is 20.6. The molecule has 19 heavy (non-hydrogen) atoms. The molecule has 1 aliphatic rings. The number of carbonyl (C=O) groups is 1. The fourth-order valence-corrected chi connectivity index (χ4v) is 2.74. The zero-order chi connectivity index (χ0) is 13.1. The van der Waals surface area contributed by atoms with Crippen molar-refractivity contribution < 1.29 is 4.79 Å². The smallest absolute Gasteiger partial charge is 0.273 e. The minimum atomic E-state index is -0.00664. The van der Waals surface area contributed by atoms with Gasteiger partial charge in [0.15, 0.2) is 0 Å². The maximum absolute atomic E-state index is 12.4. The van der Waals surface area contributed by atoms with Gasteiger partial charge in [0.2, 0.25) is 0 Å². The van der Waals surface area contributed by atoms with E-state index < -0.39 is 0 Å². The number of hydrogen-bond acceptors (Lipinski definition) is 3. The van der Waals surface area contributed by atoms with Crippen molar-refractivity contribution in [3.63, 3.8) is 0 Å². The monoisotopic (exact) mass is 347 g/mol. The largest absolute Gasteiger partial charge is 0.337 e. The van der Waals surface area contributed by atoms with Gasteiger partial charge in [0.05, 0.1) is 0 Å². The van der Waals surface area contributed by atoms with Crippen molar-refractivity contribution >= 4 is 34.2 Å². The van der Waals surface area contributed by atoms with Crippen molar-refractivity contribution in [2.24, 2.45) is 11.7 Å². The molecule has 0 aromatic carbocycles. The van der Waals surface area contributed by atoms with Gasteiger partial charge in [-0.1, -0.05) is 0 Å². The first-order valence-corrected chi connectivity index (χ1v) is 7.04. The van der Waals surface area contributed by atoms with Crippen LogP contribution in [-0.4, -0.2) is 34.9 Å². The second-order valence-corrected chi connectivity index (χ2v) is 5.70. The number of piperidine rings is 1. The van der Waals surface area contributed by atoms with Gasteiger partial charge in [-0.2, -0.15) is 0 Å². The van der Waals surface area contributed by atoms with Crippen LogP contribution in [0.3, 0.4) is 0 Å². The lowest BCUT2D eigenvalue weighted by atomic mass is 9.92. The lowest BCUT2D eigenvalue weighted by Gasteiger charge is -2.34. The van der Waals surface area contributed by atoms with Gasteiger partial charge < -0.3 is 10.6 Å². The number of rotatable bonds is 2. The summed E-state index contributed by atoms with van der Waals surface area (Å²) in [4.78, 5) is 18.4. The molecule has 0 bridgehead atoms. The molecule has 6 heteroatoms. The van der Waals surface area contributed by atoms with Crippen molar-refractivity contribution in [2.75, 3.05) is 13.1 Å². The quantitative estimate of drug-likeness (QED) is 0.893. The highest BCUT2D eigenvalue weighted by molar-refractivity contribution is 9.10. The van der Waals surface area contributed by atoms with Crippen molar-refractivity contribution in [1.82, 2.24) is 9.88 Å². The summed E-state index contributed by atoms with van der Waals surface area (Å²) in [5.41, 5.74) is 6.42. The molecule has 1 aromatic rings. The Hall–Kier alpha value is -0.650. The van der Waals surface area contributed by atoms with Crippen LogP contribution in [0.25, 0.3) is 0 Å². The summed E-state index contributed by atoms with van der Waals surface area (Å²) in [5, 5.41) is 0. The summed E-state index contributed by atoms with van der Waals surface area (Å²) < 4.78 is 0.748. The summed E-state index contributed by atoms with van der Waals surface area (Å²) in [5.74, 6) is 0.387. The molecule has 2 unspecified atom stereocenters. The molecule has 1 fully saturated rings. The molecule has 0 spiro atoms. The van der Waals surface area contributed by atoms with Gasteiger partial charge in [-0.05, 0) is 53.7 Å². The lowest BCUT2D eigenvalue weighted by molar-refractivity contribution is 0.0654. The van der Waals surface area contributed by atoms with Gasteiger partial charge in [-0.25, -0.2) is 4.98 Å². The van der Waals surface area contributed by atoms with Crippen LogP contribution in [0.15, 0.2) is 22.8 Å². The van der Waals surface area contributed by atoms with Gasteiger partial charge >= 0.3 is 0 Å². The molecule has 1 aliphatic heterocycles. The van der Waals surface area contributed by atoms with Crippen molar-refractivity contribution in [3.8, 4) is 0 Å². The van der Waals surface area contributed by atoms with E-state index >= 15 is 0 Å². The van der Waals surface area contributed by atoms with Crippen LogP contribution in [0.5, 0.6) is 0 Å². The van der Waals surface area contributed by atoms with E-state index in [4.69, 9.17) is 5.73 Å². The Labute approximate surface area is 128 Å². The Balaban J connectivity index is 0.00000180. The van der Waals surface area contributed by atoms with Crippen LogP contribution >= 0.6 is 28.3 Å². The first-order chi connectivity index (χ1) is 8.59. The minimum absolute atomic E-state index is 0. The van der Waals surface area contributed by atoms with Gasteiger partial charge in [-0.15, -0.1) is 12.4 Å². The van der Waals surface area contributed by atoms with E-state index in [2.05, 4.69) is 20.9 Å². The first kappa shape index (κ1) is 16.4. The van der Waals surface area contributed by atoms with E-state index in [1.54, 1.807) is 6.20 Å². The van der Waals surface area contributed by atoms with Crippen LogP contribution in [0.1, 0.15) is 30.3 Å². The van der Waals surface area contributed by atoms with E-state index in [0.29, 0.717) is 11.6 Å². The van der Waals surface area contributed by atoms with Crippen LogP contribution in [-0.2, 0) is 0 Å². The molecule has 1 aromatic heterocycles. The number of nitrogens with two attached hydrogens (primary N) is 1. The van der Waals surface area contributed by atoms with Crippen molar-refractivity contribution in [1.29, 1.82) is 0 Å². The number of pyridine rings is 1. The molecule has 2 rings (SSSR count). The number of amides is 1. The average molecular weight is 349 g/mol. The average Bonchev–Trinajstić information content (AvgIpc) is 2.38. The third kappa shape index (κ3) is 3.91. The SMILES string of the molecule is CC(N)C1CCCN(C(=O)c2ncccc2Br)C1.Cl. The van der Waals surface area contributed by atoms with E-state index in [-0.39, 0.29) is 24.4 Å². The maximum Gasteiger partial charge on any atom is 0.273 e. The standard InChI is InChI=1S/C13H18BrN3O.ClH/c1-9(15)10-4-3-7-17(8-10)13(18)12-11(14)5-2-6-16-12;/h2,5-6,9-10H,3-4,7-8,15H2,1H3;1H. The fourth-order valence-electron chi connectivity index (χ4n) is 2.32. The van der Waals surface area contributed by atoms with Crippen molar-refractivity contribution in [3.05, 3.63) is 28.5 Å². The molecule has 106 valence electrons. The van der Waals surface area contributed by atoms with Gasteiger partial charge in [0.25, 0.3) is 5.91 Å². The number of likely N-dealkylation sites (tertiary alicyclic amines) is 1. The molecule has 1 amide bonds. The highest BCUT2D eigenvalue weighted by Crippen LogP contribution is 2.22. The Morgan fingerprint density at radius 2 is 2.37 bits per heavy atom. The first-order valence-electron chi connectivity index (χ1n) is 6.25. The van der Waals surface area contributed by atoms with E-state index in [9.17, 15) is 4.79 Å². The zero-order valence-electron chi connectivity index (χ0n) is 10.9. The molecule has 2 heterocycles. The summed E-state index contributed by atoms with van der Waals surface area (Å²) in [6.07, 6.45) is 3.76. The van der Waals surface area contributed by atoms with Gasteiger partial charge in [-0.3, -0.25) is 4.79 Å². The molecule has 1 saturated heterocycles. The van der Waals surface area contributed by atoms with Crippen LogP contribution in [0.4, 0.5) is 0 Å². The fraction of sp³-hybridized carbons (Fsp3) is 0.538. The van der Waals surface area contributed by atoms with Crippen molar-refractivity contribution in [2.45, 2.75) is 25.8 Å². The second-order valence-electron chi connectivity index (χ2n) is 4.85. The summed E-state index contributed by atoms with van der Waals surface area (Å²) in [7, 11) is 0. The minimum Gasteiger partial charge on any atom is -0.337 e. The lowest BCUT2D eigenvalue weighted by Crippen LogP contribution is -2.45. The Morgan fingerprint density at radius 1 is 1.63 bits per heavy atom. The zero-order valence-corrected chi connectivity index (χ0v) is 13.3. The Morgan fingerprint density at radius 3 is 3.00 bits per heavy atom. The predicted octanol–water partition coefficient (Wildman–Crippen LogP) is 2.47. The van der Waals surface area contributed by atoms with Crippen LogP contribution < -0.4 is 5.73 Å². The third-order valence-corrected chi connectivity index (χ3v) is 4.09. The molecular formula is C13H19BrClN3O. The summed E-state index contributed by atoms with van der Waals surface area (Å²) >= 11 is 3.37. The number of aromatic nitrogens is 1.